The van der Waals surface area contributed by atoms with Crippen LogP contribution in [0.1, 0.15) is 22.8 Å². The summed E-state index contributed by atoms with van der Waals surface area (Å²) in [5, 5.41) is 2.99. The molecule has 0 spiro atoms. The van der Waals surface area contributed by atoms with E-state index in [0.29, 0.717) is 12.0 Å². The van der Waals surface area contributed by atoms with Crippen molar-refractivity contribution in [3.8, 4) is 11.1 Å². The summed E-state index contributed by atoms with van der Waals surface area (Å²) in [5.74, 6) is -0.143. The summed E-state index contributed by atoms with van der Waals surface area (Å²) in [4.78, 5) is 12.5. The third-order valence-electron chi connectivity index (χ3n) is 4.47. The van der Waals surface area contributed by atoms with Gasteiger partial charge in [-0.15, -0.1) is 0 Å². The maximum atomic E-state index is 12.5. The zero-order valence-corrected chi connectivity index (χ0v) is 15.1. The smallest absolute Gasteiger partial charge is 0.253 e. The molecule has 0 aliphatic rings. The van der Waals surface area contributed by atoms with Crippen LogP contribution in [0.5, 0.6) is 0 Å². The molecule has 0 aliphatic heterocycles. The van der Waals surface area contributed by atoms with E-state index in [-0.39, 0.29) is 5.91 Å². The summed E-state index contributed by atoms with van der Waals surface area (Å²) < 4.78 is 5.62. The van der Waals surface area contributed by atoms with Crippen LogP contribution in [0.15, 0.2) is 84.9 Å². The maximum Gasteiger partial charge on any atom is 0.253 e. The van der Waals surface area contributed by atoms with Gasteiger partial charge in [0.25, 0.3) is 5.91 Å². The van der Waals surface area contributed by atoms with Crippen LogP contribution in [0.2, 0.25) is 0 Å². The molecule has 0 aliphatic carbocycles. The van der Waals surface area contributed by atoms with Crippen LogP contribution in [0.3, 0.4) is 0 Å². The van der Waals surface area contributed by atoms with Gasteiger partial charge in [-0.25, -0.2) is 0 Å². The highest BCUT2D eigenvalue weighted by Crippen LogP contribution is 2.21. The molecule has 3 heteroatoms. The highest BCUT2D eigenvalue weighted by molar-refractivity contribution is 5.94. The molecule has 3 nitrogen and oxygen atoms in total. The summed E-state index contributed by atoms with van der Waals surface area (Å²) in [5.41, 5.74) is 3.30. The molecule has 0 heterocycles. The molecule has 3 aromatic rings. The van der Waals surface area contributed by atoms with Gasteiger partial charge in [-0.2, -0.15) is 0 Å². The van der Waals surface area contributed by atoms with Gasteiger partial charge in [-0.3, -0.25) is 4.79 Å². The van der Waals surface area contributed by atoms with Crippen molar-refractivity contribution in [1.82, 2.24) is 5.32 Å². The third kappa shape index (κ3) is 4.38. The average Bonchev–Trinajstić information content (AvgIpc) is 2.70. The van der Waals surface area contributed by atoms with Crippen LogP contribution in [-0.2, 0) is 11.2 Å². The summed E-state index contributed by atoms with van der Waals surface area (Å²) in [7, 11) is 1.61. The fourth-order valence-corrected chi connectivity index (χ4v) is 2.90. The number of carbonyl (C=O) groups excluding carboxylic acids is 1. The van der Waals surface area contributed by atoms with Crippen LogP contribution < -0.4 is 5.32 Å². The second-order valence-electron chi connectivity index (χ2n) is 6.49. The van der Waals surface area contributed by atoms with Gasteiger partial charge in [0.1, 0.15) is 5.72 Å². The lowest BCUT2D eigenvalue weighted by molar-refractivity contribution is -0.0180. The van der Waals surface area contributed by atoms with Crippen molar-refractivity contribution in [1.29, 1.82) is 0 Å². The molecule has 3 rings (SSSR count). The lowest BCUT2D eigenvalue weighted by atomic mass is 9.99. The first kappa shape index (κ1) is 17.9. The molecular weight excluding hydrogens is 322 g/mol. The fraction of sp³-hybridized carbons (Fsp3) is 0.174. The number of ether oxygens (including phenoxy) is 1. The van der Waals surface area contributed by atoms with E-state index in [1.807, 2.05) is 43.3 Å². The van der Waals surface area contributed by atoms with Crippen molar-refractivity contribution in [3.63, 3.8) is 0 Å². The molecule has 0 saturated carbocycles. The van der Waals surface area contributed by atoms with Crippen LogP contribution in [0.4, 0.5) is 0 Å². The average molecular weight is 345 g/mol. The van der Waals surface area contributed by atoms with E-state index in [1.165, 1.54) is 11.1 Å². The Morgan fingerprint density at radius 2 is 1.38 bits per heavy atom. The number of methoxy groups -OCH3 is 1. The van der Waals surface area contributed by atoms with E-state index in [9.17, 15) is 4.79 Å². The number of hydrogen-bond donors (Lipinski definition) is 1. The van der Waals surface area contributed by atoms with Crippen LogP contribution in [0, 0.1) is 0 Å². The summed E-state index contributed by atoms with van der Waals surface area (Å²) >= 11 is 0. The van der Waals surface area contributed by atoms with Gasteiger partial charge in [0, 0.05) is 19.1 Å². The van der Waals surface area contributed by atoms with Crippen molar-refractivity contribution in [2.45, 2.75) is 19.1 Å². The Morgan fingerprint density at radius 3 is 1.96 bits per heavy atom. The molecule has 132 valence electrons. The van der Waals surface area contributed by atoms with Crippen molar-refractivity contribution in [2.24, 2.45) is 0 Å². The minimum Gasteiger partial charge on any atom is -0.359 e. The summed E-state index contributed by atoms with van der Waals surface area (Å²) in [6.07, 6.45) is 0.580. The number of rotatable bonds is 6. The minimum atomic E-state index is -0.777. The van der Waals surface area contributed by atoms with Crippen molar-refractivity contribution < 1.29 is 9.53 Å². The lowest BCUT2D eigenvalue weighted by Crippen LogP contribution is -2.49. The van der Waals surface area contributed by atoms with Crippen LogP contribution in [0.25, 0.3) is 11.1 Å². The van der Waals surface area contributed by atoms with Gasteiger partial charge in [-0.05, 0) is 35.7 Å². The van der Waals surface area contributed by atoms with Gasteiger partial charge in [0.05, 0.1) is 0 Å². The fourth-order valence-electron chi connectivity index (χ4n) is 2.90. The Balaban J connectivity index is 1.72. The number of amides is 1. The lowest BCUT2D eigenvalue weighted by Gasteiger charge is -2.29. The molecule has 0 bridgehead atoms. The van der Waals surface area contributed by atoms with E-state index in [4.69, 9.17) is 4.74 Å². The SMILES string of the molecule is COC(C)(Cc1ccc(-c2ccccc2)cc1)NC(=O)c1ccccc1. The van der Waals surface area contributed by atoms with E-state index < -0.39 is 5.72 Å². The molecular formula is C23H23NO2. The monoisotopic (exact) mass is 345 g/mol. The van der Waals surface area contributed by atoms with E-state index in [0.717, 1.165) is 5.56 Å². The largest absolute Gasteiger partial charge is 0.359 e. The second kappa shape index (κ2) is 7.98. The van der Waals surface area contributed by atoms with Crippen LogP contribution >= 0.6 is 0 Å². The van der Waals surface area contributed by atoms with E-state index in [2.05, 4.69) is 41.7 Å². The molecule has 3 aromatic carbocycles. The zero-order valence-electron chi connectivity index (χ0n) is 15.1. The molecule has 0 radical (unpaired) electrons. The minimum absolute atomic E-state index is 0.143. The predicted octanol–water partition coefficient (Wildman–Crippen LogP) is 4.69. The Hall–Kier alpha value is -2.91. The predicted molar refractivity (Wildman–Crippen MR) is 105 cm³/mol. The first-order valence-electron chi connectivity index (χ1n) is 8.67. The molecule has 1 amide bonds. The standard InChI is InChI=1S/C23H23NO2/c1-23(26-2,24-22(25)21-11-7-4-8-12-21)17-18-13-15-20(16-14-18)19-9-5-3-6-10-19/h3-16H,17H2,1-2H3,(H,24,25). The molecule has 0 saturated heterocycles. The molecule has 0 aromatic heterocycles. The quantitative estimate of drug-likeness (QED) is 0.658. The third-order valence-corrected chi connectivity index (χ3v) is 4.47. The van der Waals surface area contributed by atoms with Gasteiger partial charge in [0.15, 0.2) is 0 Å². The first-order valence-corrected chi connectivity index (χ1v) is 8.67. The highest BCUT2D eigenvalue weighted by atomic mass is 16.5. The van der Waals surface area contributed by atoms with Crippen molar-refractivity contribution in [3.05, 3.63) is 96.1 Å². The van der Waals surface area contributed by atoms with Gasteiger partial charge >= 0.3 is 0 Å². The van der Waals surface area contributed by atoms with Crippen LogP contribution in [-0.4, -0.2) is 18.7 Å². The maximum absolute atomic E-state index is 12.5. The molecule has 1 N–H and O–H groups in total. The number of benzene rings is 3. The molecule has 1 atom stereocenters. The normalized spacial score (nSPS) is 13.0. The molecule has 0 fully saturated rings. The van der Waals surface area contributed by atoms with Gasteiger partial charge in [-0.1, -0.05) is 72.8 Å². The van der Waals surface area contributed by atoms with Crippen molar-refractivity contribution >= 4 is 5.91 Å². The number of nitrogens with one attached hydrogen (secondary N) is 1. The van der Waals surface area contributed by atoms with E-state index >= 15 is 0 Å². The van der Waals surface area contributed by atoms with Gasteiger partial charge < -0.3 is 10.1 Å². The molecule has 1 unspecified atom stereocenters. The number of carbonyl (C=O) groups is 1. The number of hydrogen-bond acceptors (Lipinski definition) is 2. The topological polar surface area (TPSA) is 38.3 Å². The first-order chi connectivity index (χ1) is 12.6. The zero-order chi connectivity index (χ0) is 18.4. The Morgan fingerprint density at radius 1 is 0.846 bits per heavy atom. The Labute approximate surface area is 154 Å². The highest BCUT2D eigenvalue weighted by Gasteiger charge is 2.26. The molecule has 26 heavy (non-hydrogen) atoms. The Bertz CT molecular complexity index is 844. The Kier molecular flexibility index (Phi) is 5.49. The van der Waals surface area contributed by atoms with Gasteiger partial charge in [0.2, 0.25) is 0 Å². The van der Waals surface area contributed by atoms with E-state index in [1.54, 1.807) is 19.2 Å². The summed E-state index contributed by atoms with van der Waals surface area (Å²) in [6, 6.07) is 27.8. The second-order valence-corrected chi connectivity index (χ2v) is 6.49. The van der Waals surface area contributed by atoms with Crippen molar-refractivity contribution in [2.75, 3.05) is 7.11 Å². The summed E-state index contributed by atoms with van der Waals surface area (Å²) in [6.45, 7) is 1.89.